The summed E-state index contributed by atoms with van der Waals surface area (Å²) in [4.78, 5) is 23.6. The Kier molecular flexibility index (Phi) is 7.35. The quantitative estimate of drug-likeness (QED) is 0.684. The van der Waals surface area contributed by atoms with E-state index in [0.29, 0.717) is 11.4 Å². The highest BCUT2D eigenvalue weighted by Gasteiger charge is 2.24. The summed E-state index contributed by atoms with van der Waals surface area (Å²) in [6.45, 7) is 2.96. The fourth-order valence-corrected chi connectivity index (χ4v) is 3.88. The number of hydrogen-bond acceptors (Lipinski definition) is 5. The van der Waals surface area contributed by atoms with Gasteiger partial charge in [0.05, 0.1) is 24.2 Å². The van der Waals surface area contributed by atoms with Crippen molar-refractivity contribution in [2.24, 2.45) is 0 Å². The first kappa shape index (κ1) is 22.4. The van der Waals surface area contributed by atoms with Gasteiger partial charge in [-0.15, -0.1) is 0 Å². The number of nitrogens with zero attached hydrogens (tertiary/aromatic N) is 1. The molecular weight excluding hydrogens is 394 g/mol. The van der Waals surface area contributed by atoms with Crippen LogP contribution in [-0.2, 0) is 26.0 Å². The van der Waals surface area contributed by atoms with Crippen molar-refractivity contribution in [1.82, 2.24) is 4.31 Å². The molecule has 0 saturated heterocycles. The molecule has 8 nitrogen and oxygen atoms in total. The number of para-hydroxylation sites is 1. The van der Waals surface area contributed by atoms with Gasteiger partial charge in [-0.25, -0.2) is 8.42 Å². The lowest BCUT2D eigenvalue weighted by Crippen LogP contribution is -2.35. The summed E-state index contributed by atoms with van der Waals surface area (Å²) in [5.41, 5.74) is 1.98. The first-order valence-corrected chi connectivity index (χ1v) is 10.4. The van der Waals surface area contributed by atoms with Gasteiger partial charge in [0.15, 0.2) is 0 Å². The number of benzene rings is 2. The van der Waals surface area contributed by atoms with Crippen LogP contribution >= 0.6 is 0 Å². The van der Waals surface area contributed by atoms with Crippen molar-refractivity contribution in [2.75, 3.05) is 31.3 Å². The highest BCUT2D eigenvalue weighted by molar-refractivity contribution is 7.89. The monoisotopic (exact) mass is 419 g/mol. The minimum atomic E-state index is -3.94. The third kappa shape index (κ3) is 5.55. The first-order chi connectivity index (χ1) is 13.7. The Morgan fingerprint density at radius 2 is 1.76 bits per heavy atom. The second-order valence-electron chi connectivity index (χ2n) is 6.36. The average Bonchev–Trinajstić information content (AvgIpc) is 2.67. The summed E-state index contributed by atoms with van der Waals surface area (Å²) >= 11 is 0. The molecule has 2 N–H and O–H groups in total. The van der Waals surface area contributed by atoms with Gasteiger partial charge in [0.25, 0.3) is 0 Å². The summed E-state index contributed by atoms with van der Waals surface area (Å²) in [6, 6.07) is 11.5. The Bertz CT molecular complexity index is 1000. The highest BCUT2D eigenvalue weighted by atomic mass is 32.2. The van der Waals surface area contributed by atoms with Crippen molar-refractivity contribution in [1.29, 1.82) is 0 Å². The SMILES string of the molecule is CCc1ccccc1NC(=O)CN(C)S(=O)(=O)c1ccc(NC(C)=O)c(OC)c1. The van der Waals surface area contributed by atoms with Crippen LogP contribution in [0, 0.1) is 0 Å². The van der Waals surface area contributed by atoms with Gasteiger partial charge in [-0.3, -0.25) is 9.59 Å². The van der Waals surface area contributed by atoms with Crippen molar-refractivity contribution in [3.05, 3.63) is 48.0 Å². The standard InChI is InChI=1S/C20H25N3O5S/c1-5-15-8-6-7-9-17(15)22-20(25)13-23(3)29(26,27)16-10-11-18(21-14(2)24)19(12-16)28-4/h6-12H,5,13H2,1-4H3,(H,21,24)(H,22,25). The summed E-state index contributed by atoms with van der Waals surface area (Å²) in [7, 11) is -1.24. The Morgan fingerprint density at radius 3 is 2.38 bits per heavy atom. The molecule has 0 unspecified atom stereocenters. The largest absolute Gasteiger partial charge is 0.495 e. The van der Waals surface area contributed by atoms with Crippen LogP contribution in [0.1, 0.15) is 19.4 Å². The van der Waals surface area contributed by atoms with Crippen LogP contribution in [0.3, 0.4) is 0 Å². The van der Waals surface area contributed by atoms with Gasteiger partial charge in [-0.1, -0.05) is 25.1 Å². The van der Waals surface area contributed by atoms with Crippen molar-refractivity contribution < 1.29 is 22.7 Å². The second-order valence-corrected chi connectivity index (χ2v) is 8.41. The number of rotatable bonds is 8. The van der Waals surface area contributed by atoms with Crippen molar-refractivity contribution in [3.8, 4) is 5.75 Å². The molecule has 0 spiro atoms. The first-order valence-electron chi connectivity index (χ1n) is 8.98. The minimum absolute atomic E-state index is 0.0484. The van der Waals surface area contributed by atoms with Gasteiger partial charge in [0, 0.05) is 25.7 Å². The van der Waals surface area contributed by atoms with Crippen molar-refractivity contribution >= 4 is 33.2 Å². The maximum Gasteiger partial charge on any atom is 0.243 e. The van der Waals surface area contributed by atoms with Gasteiger partial charge >= 0.3 is 0 Å². The van der Waals surface area contributed by atoms with Crippen molar-refractivity contribution in [3.63, 3.8) is 0 Å². The van der Waals surface area contributed by atoms with Crippen LogP contribution in [0.5, 0.6) is 5.75 Å². The number of carbonyl (C=O) groups excluding carboxylic acids is 2. The molecule has 0 fully saturated rings. The maximum absolute atomic E-state index is 12.8. The molecule has 0 atom stereocenters. The van der Waals surface area contributed by atoms with Gasteiger partial charge in [0.2, 0.25) is 21.8 Å². The minimum Gasteiger partial charge on any atom is -0.495 e. The van der Waals surface area contributed by atoms with E-state index < -0.39 is 15.9 Å². The molecule has 0 aromatic heterocycles. The number of aryl methyl sites for hydroxylation is 1. The van der Waals surface area contributed by atoms with Crippen LogP contribution in [0.2, 0.25) is 0 Å². The van der Waals surface area contributed by atoms with Crippen LogP contribution in [-0.4, -0.2) is 45.2 Å². The van der Waals surface area contributed by atoms with Crippen LogP contribution in [0.15, 0.2) is 47.4 Å². The summed E-state index contributed by atoms with van der Waals surface area (Å²) < 4.78 is 31.8. The van der Waals surface area contributed by atoms with E-state index in [2.05, 4.69) is 10.6 Å². The molecular formula is C20H25N3O5S. The maximum atomic E-state index is 12.8. The normalized spacial score (nSPS) is 11.2. The summed E-state index contributed by atoms with van der Waals surface area (Å²) in [5, 5.41) is 5.32. The summed E-state index contributed by atoms with van der Waals surface area (Å²) in [5.74, 6) is -0.546. The van der Waals surface area contributed by atoms with Crippen LogP contribution in [0.25, 0.3) is 0 Å². The number of nitrogens with one attached hydrogen (secondary N) is 2. The lowest BCUT2D eigenvalue weighted by atomic mass is 10.1. The van der Waals surface area contributed by atoms with Gasteiger partial charge in [-0.05, 0) is 30.2 Å². The Labute approximate surface area is 170 Å². The number of ether oxygens (including phenoxy) is 1. The molecule has 2 aromatic rings. The zero-order valence-electron chi connectivity index (χ0n) is 16.9. The molecule has 156 valence electrons. The zero-order valence-corrected chi connectivity index (χ0v) is 17.7. The Morgan fingerprint density at radius 1 is 1.07 bits per heavy atom. The second kappa shape index (κ2) is 9.53. The molecule has 2 amide bonds. The number of carbonyl (C=O) groups is 2. The molecule has 29 heavy (non-hydrogen) atoms. The van der Waals surface area contributed by atoms with E-state index in [1.165, 1.54) is 39.3 Å². The topological polar surface area (TPSA) is 105 Å². The van der Waals surface area contributed by atoms with E-state index in [1.54, 1.807) is 12.1 Å². The number of amides is 2. The molecule has 9 heteroatoms. The smallest absolute Gasteiger partial charge is 0.243 e. The number of methoxy groups -OCH3 is 1. The number of likely N-dealkylation sites (N-methyl/N-ethyl adjacent to an activating group) is 1. The van der Waals surface area contributed by atoms with E-state index in [4.69, 9.17) is 4.74 Å². The number of hydrogen-bond donors (Lipinski definition) is 2. The fraction of sp³-hybridized carbons (Fsp3) is 0.300. The fourth-order valence-electron chi connectivity index (χ4n) is 2.73. The number of anilines is 2. The number of sulfonamides is 1. The van der Waals surface area contributed by atoms with E-state index in [9.17, 15) is 18.0 Å². The predicted molar refractivity (Wildman–Crippen MR) is 112 cm³/mol. The molecule has 0 aliphatic rings. The van der Waals surface area contributed by atoms with E-state index in [1.807, 2.05) is 19.1 Å². The zero-order chi connectivity index (χ0) is 21.6. The van der Waals surface area contributed by atoms with Crippen LogP contribution < -0.4 is 15.4 Å². The average molecular weight is 420 g/mol. The van der Waals surface area contributed by atoms with E-state index >= 15 is 0 Å². The van der Waals surface area contributed by atoms with E-state index in [-0.39, 0.29) is 23.1 Å². The van der Waals surface area contributed by atoms with Crippen molar-refractivity contribution in [2.45, 2.75) is 25.2 Å². The Balaban J connectivity index is 2.18. The summed E-state index contributed by atoms with van der Waals surface area (Å²) in [6.07, 6.45) is 0.741. The molecule has 0 radical (unpaired) electrons. The molecule has 0 bridgehead atoms. The lowest BCUT2D eigenvalue weighted by molar-refractivity contribution is -0.116. The lowest BCUT2D eigenvalue weighted by Gasteiger charge is -2.19. The molecule has 0 saturated carbocycles. The van der Waals surface area contributed by atoms with Gasteiger partial charge in [-0.2, -0.15) is 4.31 Å². The third-order valence-corrected chi connectivity index (χ3v) is 6.03. The predicted octanol–water partition coefficient (Wildman–Crippen LogP) is 2.48. The van der Waals surface area contributed by atoms with E-state index in [0.717, 1.165) is 16.3 Å². The Hall–Kier alpha value is -2.91. The molecule has 0 heterocycles. The molecule has 2 aromatic carbocycles. The van der Waals surface area contributed by atoms with Gasteiger partial charge in [0.1, 0.15) is 5.75 Å². The highest BCUT2D eigenvalue weighted by Crippen LogP contribution is 2.28. The van der Waals surface area contributed by atoms with Crippen LogP contribution in [0.4, 0.5) is 11.4 Å². The molecule has 0 aliphatic heterocycles. The van der Waals surface area contributed by atoms with Gasteiger partial charge < -0.3 is 15.4 Å². The third-order valence-electron chi connectivity index (χ3n) is 4.23. The molecule has 2 rings (SSSR count). The molecule has 0 aliphatic carbocycles.